The Morgan fingerprint density at radius 2 is 2.05 bits per heavy atom. The Labute approximate surface area is 125 Å². The van der Waals surface area contributed by atoms with Crippen molar-refractivity contribution in [2.45, 2.75) is 44.9 Å². The van der Waals surface area contributed by atoms with Gasteiger partial charge in [-0.15, -0.1) is 22.7 Å². The van der Waals surface area contributed by atoms with Crippen LogP contribution in [0.5, 0.6) is 0 Å². The summed E-state index contributed by atoms with van der Waals surface area (Å²) in [6, 6.07) is 0. The van der Waals surface area contributed by atoms with Crippen molar-refractivity contribution in [1.29, 1.82) is 0 Å². The van der Waals surface area contributed by atoms with Gasteiger partial charge in [-0.25, -0.2) is 14.8 Å². The molecular formula is C14H16N2O2S2. The quantitative estimate of drug-likeness (QED) is 0.925. The number of rotatable bonds is 3. The average Bonchev–Trinajstić information content (AvgIpc) is 2.92. The molecule has 0 amide bonds. The lowest BCUT2D eigenvalue weighted by molar-refractivity contribution is 0.0700. The summed E-state index contributed by atoms with van der Waals surface area (Å²) in [5.41, 5.74) is 1.57. The number of aromatic nitrogens is 2. The van der Waals surface area contributed by atoms with Crippen LogP contribution >= 0.6 is 22.7 Å². The number of hydrogen-bond acceptors (Lipinski definition) is 5. The molecule has 1 aliphatic rings. The molecule has 0 aromatic carbocycles. The van der Waals surface area contributed by atoms with Crippen LogP contribution in [0.15, 0.2) is 5.38 Å². The normalized spacial score (nSPS) is 15.6. The molecule has 0 bridgehead atoms. The van der Waals surface area contributed by atoms with Crippen molar-refractivity contribution in [1.82, 2.24) is 9.97 Å². The summed E-state index contributed by atoms with van der Waals surface area (Å²) in [6.45, 7) is 6.36. The van der Waals surface area contributed by atoms with Gasteiger partial charge in [-0.2, -0.15) is 0 Å². The van der Waals surface area contributed by atoms with Gasteiger partial charge in [-0.1, -0.05) is 20.8 Å². The Bertz CT molecular complexity index is 663. The molecule has 1 N–H and O–H groups in total. The lowest BCUT2D eigenvalue weighted by atomic mass is 9.98. The Morgan fingerprint density at radius 3 is 2.55 bits per heavy atom. The summed E-state index contributed by atoms with van der Waals surface area (Å²) < 4.78 is 0. The fraction of sp³-hybridized carbons (Fsp3) is 0.500. The number of carboxylic acid groups (broad SMARTS) is 1. The van der Waals surface area contributed by atoms with Crippen LogP contribution in [0.25, 0.3) is 10.7 Å². The van der Waals surface area contributed by atoms with Crippen LogP contribution in [0.2, 0.25) is 0 Å². The van der Waals surface area contributed by atoms with Crippen LogP contribution in [-0.2, 0) is 5.41 Å². The minimum atomic E-state index is -0.873. The van der Waals surface area contributed by atoms with Gasteiger partial charge in [-0.05, 0) is 12.8 Å². The first-order chi connectivity index (χ1) is 9.36. The first-order valence-corrected chi connectivity index (χ1v) is 8.26. The fourth-order valence-electron chi connectivity index (χ4n) is 1.94. The van der Waals surface area contributed by atoms with Crippen molar-refractivity contribution in [3.63, 3.8) is 0 Å². The zero-order valence-corrected chi connectivity index (χ0v) is 13.3. The highest BCUT2D eigenvalue weighted by Gasteiger charge is 2.32. The van der Waals surface area contributed by atoms with Gasteiger partial charge in [0.05, 0.1) is 10.7 Å². The second kappa shape index (κ2) is 4.63. The third-order valence-electron chi connectivity index (χ3n) is 3.18. The van der Waals surface area contributed by atoms with E-state index in [9.17, 15) is 9.90 Å². The second-order valence-electron chi connectivity index (χ2n) is 6.10. The predicted molar refractivity (Wildman–Crippen MR) is 80.9 cm³/mol. The van der Waals surface area contributed by atoms with Gasteiger partial charge in [0.15, 0.2) is 0 Å². The maximum absolute atomic E-state index is 11.3. The van der Waals surface area contributed by atoms with Crippen LogP contribution in [0.1, 0.15) is 59.9 Å². The van der Waals surface area contributed by atoms with E-state index in [-0.39, 0.29) is 5.41 Å². The van der Waals surface area contributed by atoms with Gasteiger partial charge < -0.3 is 5.11 Å². The molecule has 3 rings (SSSR count). The number of thiazole rings is 2. The monoisotopic (exact) mass is 308 g/mol. The van der Waals surface area contributed by atoms with Crippen molar-refractivity contribution >= 4 is 28.6 Å². The Balaban J connectivity index is 2.00. The Hall–Kier alpha value is -1.27. The van der Waals surface area contributed by atoms with E-state index in [1.165, 1.54) is 11.3 Å². The minimum Gasteiger partial charge on any atom is -0.477 e. The molecule has 6 heteroatoms. The molecule has 0 aliphatic heterocycles. The number of hydrogen-bond donors (Lipinski definition) is 1. The maximum atomic E-state index is 11.3. The number of nitrogens with zero attached hydrogens (tertiary/aromatic N) is 2. The fourth-order valence-corrected chi connectivity index (χ4v) is 3.86. The van der Waals surface area contributed by atoms with E-state index in [0.29, 0.717) is 10.8 Å². The topological polar surface area (TPSA) is 63.1 Å². The molecule has 2 heterocycles. The molecule has 0 saturated heterocycles. The van der Waals surface area contributed by atoms with Crippen molar-refractivity contribution in [2.75, 3.05) is 0 Å². The maximum Gasteiger partial charge on any atom is 0.347 e. The Morgan fingerprint density at radius 1 is 1.35 bits per heavy atom. The highest BCUT2D eigenvalue weighted by Crippen LogP contribution is 2.44. The van der Waals surface area contributed by atoms with Crippen LogP contribution < -0.4 is 0 Å². The zero-order valence-electron chi connectivity index (χ0n) is 11.6. The number of aromatic carboxylic acids is 1. The Kier molecular flexibility index (Phi) is 3.17. The van der Waals surface area contributed by atoms with E-state index in [1.807, 2.05) is 5.38 Å². The van der Waals surface area contributed by atoms with Crippen molar-refractivity contribution in [3.05, 3.63) is 21.0 Å². The van der Waals surface area contributed by atoms with Crippen molar-refractivity contribution in [2.24, 2.45) is 0 Å². The summed E-state index contributed by atoms with van der Waals surface area (Å²) in [5.74, 6) is -0.534. The average molecular weight is 308 g/mol. The molecule has 20 heavy (non-hydrogen) atoms. The van der Waals surface area contributed by atoms with Gasteiger partial charge in [0.2, 0.25) is 0 Å². The smallest absolute Gasteiger partial charge is 0.347 e. The van der Waals surface area contributed by atoms with Crippen LogP contribution in [-0.4, -0.2) is 21.0 Å². The molecule has 1 saturated carbocycles. The van der Waals surface area contributed by atoms with Gasteiger partial charge in [0.1, 0.15) is 15.6 Å². The van der Waals surface area contributed by atoms with Gasteiger partial charge >= 0.3 is 5.97 Å². The molecule has 1 fully saturated rings. The predicted octanol–water partition coefficient (Wildman–Crippen LogP) is 4.14. The standard InChI is InChI=1S/C14H16N2O2S2/c1-14(2,3)13-15-8(6-19-13)11-16-9(7-4-5-7)10(20-11)12(17)18/h6-7H,4-5H2,1-3H3,(H,17,18). The zero-order chi connectivity index (χ0) is 14.5. The highest BCUT2D eigenvalue weighted by molar-refractivity contribution is 7.17. The van der Waals surface area contributed by atoms with Crippen LogP contribution in [0, 0.1) is 0 Å². The SMILES string of the molecule is CC(C)(C)c1nc(-c2nc(C3CC3)c(C(=O)O)s2)cs1. The minimum absolute atomic E-state index is 0.00905. The summed E-state index contributed by atoms with van der Waals surface area (Å²) in [7, 11) is 0. The summed E-state index contributed by atoms with van der Waals surface area (Å²) in [4.78, 5) is 20.9. The molecule has 0 radical (unpaired) electrons. The molecular weight excluding hydrogens is 292 g/mol. The molecule has 2 aromatic rings. The van der Waals surface area contributed by atoms with Gasteiger partial charge in [0.25, 0.3) is 0 Å². The largest absolute Gasteiger partial charge is 0.477 e. The number of carboxylic acids is 1. The van der Waals surface area contributed by atoms with Gasteiger partial charge in [0, 0.05) is 16.7 Å². The molecule has 0 spiro atoms. The highest BCUT2D eigenvalue weighted by atomic mass is 32.1. The third kappa shape index (κ3) is 2.50. The third-order valence-corrected chi connectivity index (χ3v) is 5.53. The van der Waals surface area contributed by atoms with E-state index in [4.69, 9.17) is 0 Å². The molecule has 4 nitrogen and oxygen atoms in total. The molecule has 0 atom stereocenters. The molecule has 0 unspecified atom stereocenters. The van der Waals surface area contributed by atoms with Crippen molar-refractivity contribution < 1.29 is 9.90 Å². The van der Waals surface area contributed by atoms with E-state index < -0.39 is 5.97 Å². The second-order valence-corrected chi connectivity index (χ2v) is 7.96. The number of carbonyl (C=O) groups is 1. The molecule has 2 aromatic heterocycles. The van der Waals surface area contributed by atoms with E-state index in [2.05, 4.69) is 30.7 Å². The summed E-state index contributed by atoms with van der Waals surface area (Å²) in [5, 5.41) is 13.0. The van der Waals surface area contributed by atoms with E-state index in [0.717, 1.165) is 34.2 Å². The summed E-state index contributed by atoms with van der Waals surface area (Å²) in [6.07, 6.45) is 2.10. The van der Waals surface area contributed by atoms with Gasteiger partial charge in [-0.3, -0.25) is 0 Å². The van der Waals surface area contributed by atoms with Crippen LogP contribution in [0.3, 0.4) is 0 Å². The lowest BCUT2D eigenvalue weighted by Crippen LogP contribution is -2.10. The van der Waals surface area contributed by atoms with Crippen LogP contribution in [0.4, 0.5) is 0 Å². The van der Waals surface area contributed by atoms with E-state index >= 15 is 0 Å². The molecule has 1 aliphatic carbocycles. The first-order valence-electron chi connectivity index (χ1n) is 6.56. The summed E-state index contributed by atoms with van der Waals surface area (Å²) >= 11 is 2.85. The van der Waals surface area contributed by atoms with Crippen molar-refractivity contribution in [3.8, 4) is 10.7 Å². The molecule has 106 valence electrons. The lowest BCUT2D eigenvalue weighted by Gasteiger charge is -2.13. The first kappa shape index (κ1) is 13.7. The van der Waals surface area contributed by atoms with E-state index in [1.54, 1.807) is 11.3 Å².